The van der Waals surface area contributed by atoms with E-state index < -0.39 is 17.8 Å². The lowest BCUT2D eigenvalue weighted by molar-refractivity contribution is -0.131. The van der Waals surface area contributed by atoms with E-state index in [1.165, 1.54) is 5.38 Å². The van der Waals surface area contributed by atoms with Crippen molar-refractivity contribution in [2.24, 2.45) is 0 Å². The molecule has 0 unspecified atom stereocenters. The van der Waals surface area contributed by atoms with Crippen LogP contribution in [0.5, 0.6) is 0 Å². The van der Waals surface area contributed by atoms with Crippen molar-refractivity contribution in [2.75, 3.05) is 11.9 Å². The summed E-state index contributed by atoms with van der Waals surface area (Å²) >= 11 is 0.952. The molecule has 1 amide bonds. The molecule has 0 aliphatic heterocycles. The maximum atomic E-state index is 12.1. The van der Waals surface area contributed by atoms with E-state index in [4.69, 9.17) is 9.84 Å². The highest BCUT2D eigenvalue weighted by atomic mass is 32.1. The van der Waals surface area contributed by atoms with Gasteiger partial charge in [0.05, 0.1) is 0 Å². The number of aromatic nitrogens is 1. The van der Waals surface area contributed by atoms with Gasteiger partial charge < -0.3 is 9.84 Å². The van der Waals surface area contributed by atoms with Gasteiger partial charge in [-0.2, -0.15) is 0 Å². The number of carboxylic acid groups (broad SMARTS) is 1. The minimum atomic E-state index is -1.60. The summed E-state index contributed by atoms with van der Waals surface area (Å²) in [5.74, 6) is -2.80. The first-order valence-corrected chi connectivity index (χ1v) is 9.27. The number of amides is 1. The second-order valence-electron chi connectivity index (χ2n) is 6.12. The molecule has 3 aromatic rings. The molecule has 1 aliphatic rings. The fourth-order valence-corrected chi connectivity index (χ4v) is 3.94. The van der Waals surface area contributed by atoms with E-state index in [0.29, 0.717) is 0 Å². The number of hydrogen-bond acceptors (Lipinski definition) is 6. The molecule has 0 bridgehead atoms. The van der Waals surface area contributed by atoms with Crippen molar-refractivity contribution in [3.8, 4) is 11.1 Å². The molecular weight excluding hydrogens is 380 g/mol. The summed E-state index contributed by atoms with van der Waals surface area (Å²) in [6.07, 6.45) is -0.717. The summed E-state index contributed by atoms with van der Waals surface area (Å²) in [4.78, 5) is 38.0. The van der Waals surface area contributed by atoms with Crippen molar-refractivity contribution >= 4 is 34.3 Å². The lowest BCUT2D eigenvalue weighted by Gasteiger charge is -2.14. The number of ether oxygens (including phenoxy) is 1. The third-order valence-electron chi connectivity index (χ3n) is 4.48. The molecule has 140 valence electrons. The minimum Gasteiger partial charge on any atom is -0.475 e. The van der Waals surface area contributed by atoms with Crippen LogP contribution >= 0.6 is 11.3 Å². The molecule has 8 heteroatoms. The maximum absolute atomic E-state index is 12.1. The lowest BCUT2D eigenvalue weighted by Crippen LogP contribution is -2.18. The molecule has 0 spiro atoms. The van der Waals surface area contributed by atoms with Crippen LogP contribution in [-0.4, -0.2) is 34.5 Å². The number of thiazole rings is 1. The highest BCUT2D eigenvalue weighted by Gasteiger charge is 2.29. The van der Waals surface area contributed by atoms with Crippen LogP contribution in [0, 0.1) is 0 Å². The van der Waals surface area contributed by atoms with Crippen LogP contribution in [0.15, 0.2) is 53.9 Å². The number of ketones is 1. The van der Waals surface area contributed by atoms with E-state index in [1.54, 1.807) is 0 Å². The van der Waals surface area contributed by atoms with Gasteiger partial charge in [0.15, 0.2) is 5.13 Å². The van der Waals surface area contributed by atoms with E-state index >= 15 is 0 Å². The Bertz CT molecular complexity index is 1050. The Balaban J connectivity index is 1.44. The molecule has 1 heterocycles. The molecule has 2 N–H and O–H groups in total. The largest absolute Gasteiger partial charge is 0.475 e. The quantitative estimate of drug-likeness (QED) is 0.504. The van der Waals surface area contributed by atoms with Crippen molar-refractivity contribution in [1.29, 1.82) is 0 Å². The smallest absolute Gasteiger partial charge is 0.413 e. The highest BCUT2D eigenvalue weighted by molar-refractivity contribution is 7.14. The molecule has 0 atom stereocenters. The van der Waals surface area contributed by atoms with Crippen molar-refractivity contribution < 1.29 is 24.2 Å². The number of carbonyl (C=O) groups excluding carboxylic acids is 2. The normalized spacial score (nSPS) is 12.1. The van der Waals surface area contributed by atoms with Gasteiger partial charge in [-0.05, 0) is 22.3 Å². The van der Waals surface area contributed by atoms with E-state index in [1.807, 2.05) is 48.5 Å². The van der Waals surface area contributed by atoms with Gasteiger partial charge in [-0.25, -0.2) is 14.6 Å². The molecule has 2 aromatic carbocycles. The predicted octanol–water partition coefficient (Wildman–Crippen LogP) is 3.77. The van der Waals surface area contributed by atoms with Gasteiger partial charge >= 0.3 is 12.1 Å². The van der Waals surface area contributed by atoms with Crippen LogP contribution in [0.4, 0.5) is 9.93 Å². The summed E-state index contributed by atoms with van der Waals surface area (Å²) in [5.41, 5.74) is 4.22. The Morgan fingerprint density at radius 2 is 1.64 bits per heavy atom. The van der Waals surface area contributed by atoms with E-state index in [-0.39, 0.29) is 23.4 Å². The van der Waals surface area contributed by atoms with Crippen LogP contribution in [0.3, 0.4) is 0 Å². The second-order valence-corrected chi connectivity index (χ2v) is 6.98. The molecule has 7 nitrogen and oxygen atoms in total. The number of Topliss-reactive ketones (excluding diaryl/α,β-unsaturated/α-hetero) is 1. The standard InChI is InChI=1S/C20H14N2O5S/c23-17(18(24)25)16-10-28-19(21-16)22-20(26)27-9-15-13-7-3-1-5-11(13)12-6-2-4-8-14(12)15/h1-8,10,15H,9H2,(H,24,25)(H,21,22,26). The van der Waals surface area contributed by atoms with Crippen molar-refractivity contribution in [3.63, 3.8) is 0 Å². The van der Waals surface area contributed by atoms with E-state index in [0.717, 1.165) is 33.6 Å². The number of carboxylic acids is 1. The fraction of sp³-hybridized carbons (Fsp3) is 0.100. The molecule has 28 heavy (non-hydrogen) atoms. The molecule has 0 fully saturated rings. The number of anilines is 1. The third kappa shape index (κ3) is 3.25. The second kappa shape index (κ2) is 7.24. The SMILES string of the molecule is O=C(Nc1nc(C(=O)C(=O)O)cs1)OCC1c2ccccc2-c2ccccc21. The number of nitrogens with zero attached hydrogens (tertiary/aromatic N) is 1. The van der Waals surface area contributed by atoms with Gasteiger partial charge in [0.2, 0.25) is 0 Å². The topological polar surface area (TPSA) is 106 Å². The number of aliphatic carboxylic acids is 1. The molecule has 4 rings (SSSR count). The van der Waals surface area contributed by atoms with Crippen molar-refractivity contribution in [2.45, 2.75) is 5.92 Å². The number of benzene rings is 2. The first-order chi connectivity index (χ1) is 13.5. The first-order valence-electron chi connectivity index (χ1n) is 8.39. The fourth-order valence-electron chi connectivity index (χ4n) is 3.27. The number of nitrogens with one attached hydrogen (secondary N) is 1. The van der Waals surface area contributed by atoms with E-state index in [2.05, 4.69) is 10.3 Å². The maximum Gasteiger partial charge on any atom is 0.413 e. The van der Waals surface area contributed by atoms with Gasteiger partial charge in [0, 0.05) is 11.3 Å². The van der Waals surface area contributed by atoms with Crippen LogP contribution in [0.2, 0.25) is 0 Å². The molecule has 1 aliphatic carbocycles. The minimum absolute atomic E-state index is 0.0707. The van der Waals surface area contributed by atoms with E-state index in [9.17, 15) is 14.4 Å². The number of fused-ring (bicyclic) bond motifs is 3. The summed E-state index contributed by atoms with van der Waals surface area (Å²) in [7, 11) is 0. The zero-order chi connectivity index (χ0) is 19.7. The zero-order valence-electron chi connectivity index (χ0n) is 14.4. The average Bonchev–Trinajstić information content (AvgIpc) is 3.28. The molecule has 0 saturated carbocycles. The molecule has 1 aromatic heterocycles. The molecule has 0 radical (unpaired) electrons. The predicted molar refractivity (Wildman–Crippen MR) is 103 cm³/mol. The van der Waals surface area contributed by atoms with Gasteiger partial charge in [-0.1, -0.05) is 48.5 Å². The highest BCUT2D eigenvalue weighted by Crippen LogP contribution is 2.44. The summed E-state index contributed by atoms with van der Waals surface area (Å²) in [6, 6.07) is 16.0. The van der Waals surface area contributed by atoms with Crippen molar-refractivity contribution in [1.82, 2.24) is 4.98 Å². The Morgan fingerprint density at radius 3 is 2.25 bits per heavy atom. The third-order valence-corrected chi connectivity index (χ3v) is 5.24. The molecule has 0 saturated heterocycles. The number of carbonyl (C=O) groups is 3. The Morgan fingerprint density at radius 1 is 1.04 bits per heavy atom. The van der Waals surface area contributed by atoms with Crippen LogP contribution in [-0.2, 0) is 9.53 Å². The number of hydrogen-bond donors (Lipinski definition) is 2. The van der Waals surface area contributed by atoms with Crippen LogP contribution in [0.1, 0.15) is 27.5 Å². The molecular formula is C20H14N2O5S. The Labute approximate surface area is 163 Å². The Hall–Kier alpha value is -3.52. The van der Waals surface area contributed by atoms with Gasteiger partial charge in [0.25, 0.3) is 5.78 Å². The summed E-state index contributed by atoms with van der Waals surface area (Å²) < 4.78 is 5.38. The van der Waals surface area contributed by atoms with Crippen LogP contribution < -0.4 is 5.32 Å². The monoisotopic (exact) mass is 394 g/mol. The van der Waals surface area contributed by atoms with Crippen LogP contribution in [0.25, 0.3) is 11.1 Å². The summed E-state index contributed by atoms with van der Waals surface area (Å²) in [5, 5.41) is 12.5. The van der Waals surface area contributed by atoms with Gasteiger partial charge in [-0.3, -0.25) is 10.1 Å². The van der Waals surface area contributed by atoms with Gasteiger partial charge in [-0.15, -0.1) is 11.3 Å². The lowest BCUT2D eigenvalue weighted by atomic mass is 9.98. The average molecular weight is 394 g/mol. The first kappa shape index (κ1) is 17.9. The zero-order valence-corrected chi connectivity index (χ0v) is 15.2. The number of rotatable bonds is 5. The Kier molecular flexibility index (Phi) is 4.62. The van der Waals surface area contributed by atoms with Gasteiger partial charge in [0.1, 0.15) is 12.3 Å². The van der Waals surface area contributed by atoms with Crippen molar-refractivity contribution in [3.05, 3.63) is 70.7 Å². The summed E-state index contributed by atoms with van der Waals surface area (Å²) in [6.45, 7) is 0.145.